The molecule has 1 unspecified atom stereocenters. The van der Waals surface area contributed by atoms with Crippen LogP contribution in [0.15, 0.2) is 0 Å². The summed E-state index contributed by atoms with van der Waals surface area (Å²) in [5.41, 5.74) is 0. The number of hydrogen-bond donors (Lipinski definition) is 12. The first-order valence-corrected chi connectivity index (χ1v) is 8.17. The van der Waals surface area contributed by atoms with Crippen LogP contribution in [-0.2, 0) is 13.9 Å². The van der Waals surface area contributed by atoms with Gasteiger partial charge in [0.2, 0.25) is 0 Å². The van der Waals surface area contributed by atoms with E-state index >= 15 is 0 Å². The quantitative estimate of drug-likeness (QED) is 0.194. The van der Waals surface area contributed by atoms with Gasteiger partial charge in [-0.1, -0.05) is 0 Å². The summed E-state index contributed by atoms with van der Waals surface area (Å²) in [5.74, 6) is -1.73. The van der Waals surface area contributed by atoms with E-state index in [0.29, 0.717) is 0 Å². The molecule has 0 bridgehead atoms. The lowest BCUT2D eigenvalue weighted by Crippen LogP contribution is -2.48. The maximum absolute atomic E-state index is 10.1. The first-order chi connectivity index (χ1) is 9.91. The van der Waals surface area contributed by atoms with Crippen molar-refractivity contribution in [2.75, 3.05) is 6.61 Å². The molecule has 0 aliphatic rings. The molecule has 12 N–H and O–H groups in total. The predicted molar refractivity (Wildman–Crippen MR) is 67.3 cm³/mol. The van der Waals surface area contributed by atoms with Crippen molar-refractivity contribution in [3.05, 3.63) is 0 Å². The van der Waals surface area contributed by atoms with Gasteiger partial charge < -0.3 is 60.0 Å². The molecule has 142 valence electrons. The van der Waals surface area contributed by atoms with Gasteiger partial charge in [-0.15, -0.1) is 0 Å². The van der Waals surface area contributed by atoms with Crippen LogP contribution >= 0.6 is 15.6 Å². The van der Waals surface area contributed by atoms with Gasteiger partial charge in [0.15, 0.2) is 6.10 Å². The first-order valence-electron chi connectivity index (χ1n) is 5.04. The average molecular weight is 392 g/mol. The van der Waals surface area contributed by atoms with Gasteiger partial charge in [-0.25, -0.2) is 13.9 Å². The molecule has 0 aromatic carbocycles. The highest BCUT2D eigenvalue weighted by Gasteiger charge is 2.33. The Kier molecular flexibility index (Phi) is 14.2. The van der Waals surface area contributed by atoms with Crippen molar-refractivity contribution in [1.82, 2.24) is 0 Å². The Balaban J connectivity index is -0.000000329. The van der Waals surface area contributed by atoms with Crippen LogP contribution in [0.3, 0.4) is 0 Å². The van der Waals surface area contributed by atoms with E-state index in [0.717, 1.165) is 0 Å². The second kappa shape index (κ2) is 11.9. The fourth-order valence-electron chi connectivity index (χ4n) is 0.668. The molecule has 23 heavy (non-hydrogen) atoms. The SMILES string of the molecule is O=C(O)C(O)[C@@H](O)[C@H](O)[C@H](O)CO.O=P(O)(O)O.O=P(O)(O)O. The van der Waals surface area contributed by atoms with E-state index < -0.39 is 52.6 Å². The standard InChI is InChI=1S/C6H12O7.2H3O4P/c7-1-2(8)3(9)4(10)5(11)6(12)13;2*1-5(2,3)4/h2-5,7-11H,1H2,(H,12,13);2*(H3,1,2,3,4)/t2-,3-,4+,5?;;/m1../s1. The molecule has 0 aromatic heterocycles. The van der Waals surface area contributed by atoms with Crippen LogP contribution in [0.4, 0.5) is 0 Å². The van der Waals surface area contributed by atoms with Crippen LogP contribution in [0.25, 0.3) is 0 Å². The summed E-state index contributed by atoms with van der Waals surface area (Å²) in [7, 11) is -9.28. The Labute approximate surface area is 127 Å². The lowest BCUT2D eigenvalue weighted by Gasteiger charge is -2.23. The lowest BCUT2D eigenvalue weighted by molar-refractivity contribution is -0.164. The summed E-state index contributed by atoms with van der Waals surface area (Å²) in [6.45, 7) is -0.843. The summed E-state index contributed by atoms with van der Waals surface area (Å²) in [6, 6.07) is 0. The van der Waals surface area contributed by atoms with E-state index in [-0.39, 0.29) is 0 Å². The Hall–Kier alpha value is -0.510. The zero-order valence-corrected chi connectivity index (χ0v) is 12.8. The molecule has 0 heterocycles. The third-order valence-corrected chi connectivity index (χ3v) is 1.51. The number of aliphatic carboxylic acids is 1. The van der Waals surface area contributed by atoms with E-state index in [1.54, 1.807) is 0 Å². The second-order valence-electron chi connectivity index (χ2n) is 3.54. The molecule has 0 aliphatic carbocycles. The van der Waals surface area contributed by atoms with Crippen molar-refractivity contribution in [2.45, 2.75) is 24.4 Å². The number of carboxylic acid groups (broad SMARTS) is 1. The Morgan fingerprint density at radius 3 is 1.22 bits per heavy atom. The van der Waals surface area contributed by atoms with Gasteiger partial charge in [-0.05, 0) is 0 Å². The van der Waals surface area contributed by atoms with Gasteiger partial charge in [0.25, 0.3) is 0 Å². The number of carboxylic acids is 1. The smallest absolute Gasteiger partial charge is 0.466 e. The van der Waals surface area contributed by atoms with Gasteiger partial charge >= 0.3 is 21.6 Å². The third kappa shape index (κ3) is 26.7. The van der Waals surface area contributed by atoms with Crippen LogP contribution in [0.5, 0.6) is 0 Å². The second-order valence-corrected chi connectivity index (χ2v) is 5.59. The van der Waals surface area contributed by atoms with Crippen molar-refractivity contribution in [1.29, 1.82) is 0 Å². The van der Waals surface area contributed by atoms with Crippen LogP contribution < -0.4 is 0 Å². The fourth-order valence-corrected chi connectivity index (χ4v) is 0.668. The van der Waals surface area contributed by atoms with Crippen molar-refractivity contribution in [3.63, 3.8) is 0 Å². The molecule has 0 radical (unpaired) electrons. The van der Waals surface area contributed by atoms with Gasteiger partial charge in [0.1, 0.15) is 18.3 Å². The minimum atomic E-state index is -4.64. The maximum atomic E-state index is 10.1. The molecule has 4 atom stereocenters. The van der Waals surface area contributed by atoms with Crippen molar-refractivity contribution in [3.8, 4) is 0 Å². The molecular weight excluding hydrogens is 374 g/mol. The Bertz CT molecular complexity index is 376. The number of rotatable bonds is 5. The van der Waals surface area contributed by atoms with Gasteiger partial charge in [0.05, 0.1) is 6.61 Å². The zero-order chi connectivity index (χ0) is 19.6. The van der Waals surface area contributed by atoms with Crippen LogP contribution in [0, 0.1) is 0 Å². The fraction of sp³-hybridized carbons (Fsp3) is 0.833. The monoisotopic (exact) mass is 392 g/mol. The predicted octanol–water partition coefficient (Wildman–Crippen LogP) is -5.35. The summed E-state index contributed by atoms with van der Waals surface area (Å²) in [6.07, 6.45) is -7.84. The lowest BCUT2D eigenvalue weighted by atomic mass is 10.0. The van der Waals surface area contributed by atoms with E-state index in [2.05, 4.69) is 0 Å². The van der Waals surface area contributed by atoms with E-state index in [4.69, 9.17) is 69.1 Å². The topological polar surface area (TPSA) is 294 Å². The molecule has 0 rings (SSSR count). The van der Waals surface area contributed by atoms with Gasteiger partial charge in [-0.2, -0.15) is 0 Å². The highest BCUT2D eigenvalue weighted by Crippen LogP contribution is 2.26. The normalized spacial score (nSPS) is 16.7. The van der Waals surface area contributed by atoms with Crippen molar-refractivity contribution < 1.29 is 73.9 Å². The van der Waals surface area contributed by atoms with Crippen LogP contribution in [0.1, 0.15) is 0 Å². The van der Waals surface area contributed by atoms with Gasteiger partial charge in [-0.3, -0.25) is 0 Å². The number of hydrogen-bond acceptors (Lipinski definition) is 8. The minimum Gasteiger partial charge on any atom is -0.479 e. The van der Waals surface area contributed by atoms with Crippen molar-refractivity contribution >= 4 is 21.6 Å². The molecule has 0 saturated heterocycles. The summed E-state index contributed by atoms with van der Waals surface area (Å²) in [4.78, 5) is 53.2. The summed E-state index contributed by atoms with van der Waals surface area (Å²) < 4.78 is 17.8. The Morgan fingerprint density at radius 2 is 1.04 bits per heavy atom. The average Bonchev–Trinajstić information content (AvgIpc) is 2.30. The molecule has 0 aliphatic heterocycles. The molecule has 0 spiro atoms. The molecule has 0 aromatic rings. The maximum Gasteiger partial charge on any atom is 0.466 e. The number of carbonyl (C=O) groups is 1. The highest BCUT2D eigenvalue weighted by molar-refractivity contribution is 7.45. The van der Waals surface area contributed by atoms with Gasteiger partial charge in [0, 0.05) is 0 Å². The highest BCUT2D eigenvalue weighted by atomic mass is 31.2. The largest absolute Gasteiger partial charge is 0.479 e. The molecule has 17 heteroatoms. The van der Waals surface area contributed by atoms with Crippen LogP contribution in [-0.4, -0.2) is 97.0 Å². The van der Waals surface area contributed by atoms with E-state index in [1.165, 1.54) is 0 Å². The molecule has 0 amide bonds. The van der Waals surface area contributed by atoms with E-state index in [9.17, 15) is 4.79 Å². The van der Waals surface area contributed by atoms with Crippen LogP contribution in [0.2, 0.25) is 0 Å². The minimum absolute atomic E-state index is 0.843. The molecule has 0 fully saturated rings. The summed E-state index contributed by atoms with van der Waals surface area (Å²) in [5, 5.41) is 51.8. The van der Waals surface area contributed by atoms with Crippen molar-refractivity contribution in [2.24, 2.45) is 0 Å². The molecule has 0 saturated carbocycles. The third-order valence-electron chi connectivity index (χ3n) is 1.51. The number of phosphoric acid groups is 2. The Morgan fingerprint density at radius 1 is 0.783 bits per heavy atom. The van der Waals surface area contributed by atoms with E-state index in [1.807, 2.05) is 0 Å². The number of aliphatic hydroxyl groups excluding tert-OH is 5. The molecular formula is C6H18O15P2. The summed E-state index contributed by atoms with van der Waals surface area (Å²) >= 11 is 0. The first kappa shape index (κ1) is 27.3. The molecule has 15 nitrogen and oxygen atoms in total. The zero-order valence-electron chi connectivity index (χ0n) is 11.0. The number of aliphatic hydroxyl groups is 5.